The van der Waals surface area contributed by atoms with Gasteiger partial charge in [-0.2, -0.15) is 4.98 Å². The molecule has 0 bridgehead atoms. The molecule has 2 aromatic heterocycles. The quantitative estimate of drug-likeness (QED) is 0.846. The summed E-state index contributed by atoms with van der Waals surface area (Å²) in [7, 11) is 9.10. The first-order chi connectivity index (χ1) is 9.88. The first-order valence-corrected chi connectivity index (χ1v) is 6.28. The number of rotatable bonds is 4. The number of amides is 1. The molecule has 112 valence electrons. The lowest BCUT2D eigenvalue weighted by Gasteiger charge is -2.19. The molecule has 21 heavy (non-hydrogen) atoms. The van der Waals surface area contributed by atoms with Crippen molar-refractivity contribution >= 4 is 23.4 Å². The van der Waals surface area contributed by atoms with Crippen molar-refractivity contribution < 1.29 is 4.79 Å². The molecular formula is C12H18N8O. The van der Waals surface area contributed by atoms with Crippen molar-refractivity contribution in [2.24, 2.45) is 7.05 Å². The van der Waals surface area contributed by atoms with Gasteiger partial charge in [-0.15, -0.1) is 5.10 Å². The lowest BCUT2D eigenvalue weighted by molar-refractivity contribution is 0.102. The average Bonchev–Trinajstić information content (AvgIpc) is 2.85. The van der Waals surface area contributed by atoms with Crippen molar-refractivity contribution in [1.29, 1.82) is 0 Å². The van der Waals surface area contributed by atoms with E-state index in [1.54, 1.807) is 29.2 Å². The molecule has 2 aromatic rings. The van der Waals surface area contributed by atoms with Gasteiger partial charge in [0.1, 0.15) is 5.69 Å². The highest BCUT2D eigenvalue weighted by Crippen LogP contribution is 2.23. The summed E-state index contributed by atoms with van der Waals surface area (Å²) in [6.07, 6.45) is 3.12. The summed E-state index contributed by atoms with van der Waals surface area (Å²) in [5.41, 5.74) is 0.750. The van der Waals surface area contributed by atoms with Crippen LogP contribution in [0.3, 0.4) is 0 Å². The van der Waals surface area contributed by atoms with E-state index in [9.17, 15) is 4.79 Å². The Kier molecular flexibility index (Phi) is 4.01. The minimum Gasteiger partial charge on any atom is -0.361 e. The van der Waals surface area contributed by atoms with Crippen molar-refractivity contribution in [2.45, 2.75) is 0 Å². The molecule has 0 atom stereocenters. The minimum atomic E-state index is -0.354. The molecule has 0 aromatic carbocycles. The van der Waals surface area contributed by atoms with Crippen molar-refractivity contribution in [2.75, 3.05) is 43.3 Å². The fourth-order valence-electron chi connectivity index (χ4n) is 1.65. The van der Waals surface area contributed by atoms with Gasteiger partial charge in [0.05, 0.1) is 12.4 Å². The van der Waals surface area contributed by atoms with Crippen LogP contribution in [0.5, 0.6) is 0 Å². The Bertz CT molecular complexity index is 648. The van der Waals surface area contributed by atoms with Crippen LogP contribution in [-0.2, 0) is 7.05 Å². The number of hydrogen-bond donors (Lipinski definition) is 1. The van der Waals surface area contributed by atoms with E-state index in [4.69, 9.17) is 0 Å². The van der Waals surface area contributed by atoms with E-state index in [0.717, 1.165) is 0 Å². The van der Waals surface area contributed by atoms with Crippen LogP contribution in [0, 0.1) is 0 Å². The third-order valence-corrected chi connectivity index (χ3v) is 2.66. The zero-order chi connectivity index (χ0) is 15.6. The topological polar surface area (TPSA) is 92.1 Å². The van der Waals surface area contributed by atoms with Gasteiger partial charge in [-0.1, -0.05) is 5.21 Å². The minimum absolute atomic E-state index is 0.235. The second kappa shape index (κ2) is 5.73. The van der Waals surface area contributed by atoms with Crippen molar-refractivity contribution in [3.05, 3.63) is 18.1 Å². The smallest absolute Gasteiger partial charge is 0.277 e. The third-order valence-electron chi connectivity index (χ3n) is 2.66. The first kappa shape index (κ1) is 14.7. The van der Waals surface area contributed by atoms with E-state index in [1.165, 1.54) is 4.68 Å². The van der Waals surface area contributed by atoms with Crippen molar-refractivity contribution in [3.8, 4) is 0 Å². The van der Waals surface area contributed by atoms with E-state index in [2.05, 4.69) is 25.6 Å². The molecule has 0 aliphatic heterocycles. The monoisotopic (exact) mass is 290 g/mol. The molecule has 0 unspecified atom stereocenters. The number of carbonyl (C=O) groups excluding carboxylic acids is 1. The molecule has 0 radical (unpaired) electrons. The molecule has 0 aliphatic carbocycles. The summed E-state index contributed by atoms with van der Waals surface area (Å²) in [5.74, 6) is 0.828. The van der Waals surface area contributed by atoms with Gasteiger partial charge >= 0.3 is 0 Å². The van der Waals surface area contributed by atoms with Gasteiger partial charge in [0, 0.05) is 35.2 Å². The summed E-state index contributed by atoms with van der Waals surface area (Å²) >= 11 is 0. The van der Waals surface area contributed by atoms with Crippen LogP contribution in [0.2, 0.25) is 0 Å². The van der Waals surface area contributed by atoms with E-state index >= 15 is 0 Å². The molecule has 0 spiro atoms. The molecule has 1 amide bonds. The lowest BCUT2D eigenvalue weighted by Crippen LogP contribution is -2.21. The summed E-state index contributed by atoms with van der Waals surface area (Å²) < 4.78 is 1.47. The van der Waals surface area contributed by atoms with E-state index in [0.29, 0.717) is 17.5 Å². The molecule has 2 heterocycles. The Balaban J connectivity index is 2.29. The molecule has 0 saturated carbocycles. The van der Waals surface area contributed by atoms with Gasteiger partial charge in [-0.25, -0.2) is 4.98 Å². The summed E-state index contributed by atoms with van der Waals surface area (Å²) in [5, 5.41) is 10.2. The van der Waals surface area contributed by atoms with Crippen LogP contribution in [0.1, 0.15) is 10.5 Å². The number of hydrogen-bond acceptors (Lipinski definition) is 7. The largest absolute Gasteiger partial charge is 0.361 e. The molecule has 0 saturated heterocycles. The van der Waals surface area contributed by atoms with Gasteiger partial charge in [0.2, 0.25) is 5.95 Å². The van der Waals surface area contributed by atoms with Crippen LogP contribution in [0.4, 0.5) is 17.5 Å². The Morgan fingerprint density at radius 1 is 1.24 bits per heavy atom. The fraction of sp³-hybridized carbons (Fsp3) is 0.417. The summed E-state index contributed by atoms with van der Waals surface area (Å²) in [6.45, 7) is 0. The summed E-state index contributed by atoms with van der Waals surface area (Å²) in [4.78, 5) is 24.3. The standard InChI is InChI=1S/C12H18N8O/c1-18(2)10-8(6-13-12(15-10)19(3)4)14-11(21)9-7-20(5)17-16-9/h6-7H,1-5H3,(H,14,21). The van der Waals surface area contributed by atoms with Gasteiger partial charge in [-0.05, 0) is 0 Å². The van der Waals surface area contributed by atoms with Crippen LogP contribution >= 0.6 is 0 Å². The second-order valence-electron chi connectivity index (χ2n) is 4.93. The van der Waals surface area contributed by atoms with Crippen LogP contribution < -0.4 is 15.1 Å². The zero-order valence-electron chi connectivity index (χ0n) is 12.7. The Morgan fingerprint density at radius 3 is 2.48 bits per heavy atom. The molecule has 9 nitrogen and oxygen atoms in total. The first-order valence-electron chi connectivity index (χ1n) is 6.28. The Hall–Kier alpha value is -2.71. The van der Waals surface area contributed by atoms with Crippen LogP contribution in [0.25, 0.3) is 0 Å². The maximum atomic E-state index is 12.1. The van der Waals surface area contributed by atoms with Crippen LogP contribution in [-0.4, -0.2) is 59.1 Å². The zero-order valence-corrected chi connectivity index (χ0v) is 12.7. The third kappa shape index (κ3) is 3.25. The predicted octanol–water partition coefficient (Wildman–Crippen LogP) is -0.0106. The highest BCUT2D eigenvalue weighted by Gasteiger charge is 2.16. The fourth-order valence-corrected chi connectivity index (χ4v) is 1.65. The van der Waals surface area contributed by atoms with Gasteiger partial charge in [0.15, 0.2) is 11.5 Å². The SMILES string of the molecule is CN(C)c1ncc(NC(=O)c2cn(C)nn2)c(N(C)C)n1. The summed E-state index contributed by atoms with van der Waals surface area (Å²) in [6, 6.07) is 0. The molecule has 9 heteroatoms. The highest BCUT2D eigenvalue weighted by atomic mass is 16.2. The second-order valence-corrected chi connectivity index (χ2v) is 4.93. The molecule has 0 fully saturated rings. The molecule has 1 N–H and O–H groups in total. The molecule has 2 rings (SSSR count). The lowest BCUT2D eigenvalue weighted by atomic mass is 10.4. The maximum Gasteiger partial charge on any atom is 0.277 e. The van der Waals surface area contributed by atoms with Gasteiger partial charge < -0.3 is 15.1 Å². The number of anilines is 3. The molecule has 0 aliphatic rings. The molecular weight excluding hydrogens is 272 g/mol. The van der Waals surface area contributed by atoms with Crippen molar-refractivity contribution in [3.63, 3.8) is 0 Å². The van der Waals surface area contributed by atoms with Crippen LogP contribution in [0.15, 0.2) is 12.4 Å². The maximum absolute atomic E-state index is 12.1. The normalized spacial score (nSPS) is 10.3. The van der Waals surface area contributed by atoms with Gasteiger partial charge in [0.25, 0.3) is 5.91 Å². The van der Waals surface area contributed by atoms with E-state index in [-0.39, 0.29) is 11.6 Å². The Morgan fingerprint density at radius 2 is 1.95 bits per heavy atom. The van der Waals surface area contributed by atoms with E-state index in [1.807, 2.05) is 28.2 Å². The number of nitrogens with zero attached hydrogens (tertiary/aromatic N) is 7. The van der Waals surface area contributed by atoms with E-state index < -0.39 is 0 Å². The number of aromatic nitrogens is 5. The number of carbonyl (C=O) groups is 1. The van der Waals surface area contributed by atoms with Gasteiger partial charge in [-0.3, -0.25) is 9.48 Å². The Labute approximate surface area is 122 Å². The number of aryl methyl sites for hydroxylation is 1. The highest BCUT2D eigenvalue weighted by molar-refractivity contribution is 6.04. The predicted molar refractivity (Wildman–Crippen MR) is 79.6 cm³/mol. The average molecular weight is 290 g/mol. The van der Waals surface area contributed by atoms with Crippen molar-refractivity contribution in [1.82, 2.24) is 25.0 Å². The number of nitrogens with one attached hydrogen (secondary N) is 1.